The van der Waals surface area contributed by atoms with Crippen LogP contribution in [0.1, 0.15) is 0 Å². The van der Waals surface area contributed by atoms with Crippen LogP contribution < -0.4 is 4.90 Å². The molecule has 0 radical (unpaired) electrons. The van der Waals surface area contributed by atoms with Crippen LogP contribution in [0.3, 0.4) is 0 Å². The van der Waals surface area contributed by atoms with E-state index in [1.807, 2.05) is 18.2 Å². The third-order valence-electron chi connectivity index (χ3n) is 2.45. The summed E-state index contributed by atoms with van der Waals surface area (Å²) in [5.74, 6) is 0.269. The smallest absolute Gasteiger partial charge is 0.243 e. The van der Waals surface area contributed by atoms with Crippen molar-refractivity contribution in [1.29, 1.82) is 5.41 Å². The molecule has 1 amide bonds. The number of anilines is 1. The van der Waals surface area contributed by atoms with Crippen molar-refractivity contribution < 1.29 is 4.79 Å². The highest BCUT2D eigenvalue weighted by Gasteiger charge is 2.29. The van der Waals surface area contributed by atoms with E-state index in [0.717, 1.165) is 11.0 Å². The molecule has 0 spiro atoms. The van der Waals surface area contributed by atoms with Crippen molar-refractivity contribution in [2.24, 2.45) is 0 Å². The molecule has 1 aliphatic heterocycles. The highest BCUT2D eigenvalue weighted by Crippen LogP contribution is 2.30. The van der Waals surface area contributed by atoms with Crippen LogP contribution >= 0.6 is 11.8 Å². The number of hydrogen-bond donors (Lipinski definition) is 2. The van der Waals surface area contributed by atoms with Crippen LogP contribution in [-0.2, 0) is 4.79 Å². The number of H-pyrrole nitrogens is 1. The maximum absolute atomic E-state index is 11.7. The van der Waals surface area contributed by atoms with E-state index in [9.17, 15) is 4.79 Å². The number of amides is 1. The zero-order valence-electron chi connectivity index (χ0n) is 8.23. The predicted octanol–water partition coefficient (Wildman–Crippen LogP) is 1.58. The van der Waals surface area contributed by atoms with Crippen LogP contribution in [0.4, 0.5) is 5.69 Å². The minimum absolute atomic E-state index is 0.0644. The molecule has 2 aromatic rings. The monoisotopic (exact) mass is 232 g/mol. The molecule has 1 fully saturated rings. The average molecular weight is 232 g/mol. The number of nitrogens with one attached hydrogen (secondary N) is 2. The summed E-state index contributed by atoms with van der Waals surface area (Å²) in [4.78, 5) is 20.3. The molecule has 0 unspecified atom stereocenters. The van der Waals surface area contributed by atoms with E-state index in [1.54, 1.807) is 6.33 Å². The Labute approximate surface area is 95.4 Å². The first kappa shape index (κ1) is 9.41. The number of carbonyl (C=O) groups is 1. The van der Waals surface area contributed by atoms with Crippen molar-refractivity contribution in [2.75, 3.05) is 10.7 Å². The Balaban J connectivity index is 2.22. The van der Waals surface area contributed by atoms with Crippen molar-refractivity contribution in [2.45, 2.75) is 0 Å². The van der Waals surface area contributed by atoms with Crippen molar-refractivity contribution in [3.05, 3.63) is 24.5 Å². The van der Waals surface area contributed by atoms with E-state index in [0.29, 0.717) is 11.4 Å². The molecule has 5 nitrogen and oxygen atoms in total. The van der Waals surface area contributed by atoms with Crippen LogP contribution in [-0.4, -0.2) is 26.8 Å². The SMILES string of the molecule is N=C1SCC(=O)N1c1cccc2[nH]cnc12. The molecule has 0 atom stereocenters. The Hall–Kier alpha value is -1.82. The van der Waals surface area contributed by atoms with Crippen molar-refractivity contribution in [3.63, 3.8) is 0 Å². The van der Waals surface area contributed by atoms with E-state index in [2.05, 4.69) is 9.97 Å². The highest BCUT2D eigenvalue weighted by atomic mass is 32.2. The predicted molar refractivity (Wildman–Crippen MR) is 63.8 cm³/mol. The third kappa shape index (κ3) is 1.23. The van der Waals surface area contributed by atoms with Crippen molar-refractivity contribution >= 4 is 39.6 Å². The van der Waals surface area contributed by atoms with Gasteiger partial charge in [0, 0.05) is 0 Å². The Morgan fingerprint density at radius 3 is 3.12 bits per heavy atom. The van der Waals surface area contributed by atoms with E-state index >= 15 is 0 Å². The van der Waals surface area contributed by atoms with Gasteiger partial charge in [0.2, 0.25) is 5.91 Å². The lowest BCUT2D eigenvalue weighted by atomic mass is 10.2. The number of aromatic amines is 1. The summed E-state index contributed by atoms with van der Waals surface area (Å²) in [5.41, 5.74) is 2.27. The zero-order valence-corrected chi connectivity index (χ0v) is 9.04. The molecule has 16 heavy (non-hydrogen) atoms. The average Bonchev–Trinajstić information content (AvgIpc) is 2.86. The van der Waals surface area contributed by atoms with Gasteiger partial charge in [0.05, 0.1) is 23.3 Å². The summed E-state index contributed by atoms with van der Waals surface area (Å²) in [5, 5.41) is 8.00. The van der Waals surface area contributed by atoms with Gasteiger partial charge in [-0.3, -0.25) is 15.1 Å². The minimum Gasteiger partial charge on any atom is -0.345 e. The molecule has 1 aliphatic rings. The van der Waals surface area contributed by atoms with Gasteiger partial charge in [-0.15, -0.1) is 0 Å². The van der Waals surface area contributed by atoms with Gasteiger partial charge in [-0.1, -0.05) is 17.8 Å². The van der Waals surface area contributed by atoms with Crippen LogP contribution in [0.5, 0.6) is 0 Å². The molecular formula is C10H8N4OS. The first-order valence-corrected chi connectivity index (χ1v) is 5.72. The molecule has 0 saturated carbocycles. The van der Waals surface area contributed by atoms with Gasteiger partial charge in [-0.05, 0) is 12.1 Å². The lowest BCUT2D eigenvalue weighted by Gasteiger charge is -2.14. The number of nitrogens with zero attached hydrogens (tertiary/aromatic N) is 2. The summed E-state index contributed by atoms with van der Waals surface area (Å²) in [6.45, 7) is 0. The van der Waals surface area contributed by atoms with Gasteiger partial charge in [0.1, 0.15) is 5.52 Å². The van der Waals surface area contributed by atoms with Crippen molar-refractivity contribution in [3.8, 4) is 0 Å². The molecule has 6 heteroatoms. The number of fused-ring (bicyclic) bond motifs is 1. The number of thioether (sulfide) groups is 1. The summed E-state index contributed by atoms with van der Waals surface area (Å²) >= 11 is 1.24. The van der Waals surface area contributed by atoms with Crippen LogP contribution in [0, 0.1) is 5.41 Å². The van der Waals surface area contributed by atoms with Crippen LogP contribution in [0.2, 0.25) is 0 Å². The van der Waals surface area contributed by atoms with Crippen molar-refractivity contribution in [1.82, 2.24) is 9.97 Å². The Morgan fingerprint density at radius 1 is 1.50 bits per heavy atom. The fourth-order valence-electron chi connectivity index (χ4n) is 1.75. The van der Waals surface area contributed by atoms with Gasteiger partial charge < -0.3 is 4.98 Å². The number of carbonyl (C=O) groups excluding carboxylic acids is 1. The minimum atomic E-state index is -0.0644. The van der Waals surface area contributed by atoms with E-state index in [4.69, 9.17) is 5.41 Å². The second-order valence-electron chi connectivity index (χ2n) is 3.40. The first-order valence-electron chi connectivity index (χ1n) is 4.74. The molecule has 0 aliphatic carbocycles. The molecule has 0 bridgehead atoms. The number of benzene rings is 1. The maximum Gasteiger partial charge on any atom is 0.243 e. The lowest BCUT2D eigenvalue weighted by molar-refractivity contribution is -0.115. The van der Waals surface area contributed by atoms with Gasteiger partial charge in [0.15, 0.2) is 5.17 Å². The third-order valence-corrected chi connectivity index (χ3v) is 3.30. The topological polar surface area (TPSA) is 72.8 Å². The number of hydrogen-bond acceptors (Lipinski definition) is 4. The van der Waals surface area contributed by atoms with Crippen LogP contribution in [0.15, 0.2) is 24.5 Å². The molecule has 3 rings (SSSR count). The van der Waals surface area contributed by atoms with E-state index in [-0.39, 0.29) is 11.1 Å². The zero-order chi connectivity index (χ0) is 11.1. The summed E-state index contributed by atoms with van der Waals surface area (Å²) < 4.78 is 0. The summed E-state index contributed by atoms with van der Waals surface area (Å²) in [6, 6.07) is 5.55. The van der Waals surface area contributed by atoms with Gasteiger partial charge in [0.25, 0.3) is 0 Å². The molecule has 1 aromatic carbocycles. The maximum atomic E-state index is 11.7. The van der Waals surface area contributed by atoms with Gasteiger partial charge >= 0.3 is 0 Å². The second kappa shape index (κ2) is 3.34. The Bertz CT molecular complexity index is 575. The van der Waals surface area contributed by atoms with E-state index < -0.39 is 0 Å². The first-order chi connectivity index (χ1) is 7.77. The molecule has 2 heterocycles. The van der Waals surface area contributed by atoms with Crippen LogP contribution in [0.25, 0.3) is 11.0 Å². The molecule has 1 aromatic heterocycles. The number of para-hydroxylation sites is 1. The number of aromatic nitrogens is 2. The fraction of sp³-hybridized carbons (Fsp3) is 0.100. The summed E-state index contributed by atoms with van der Waals surface area (Å²) in [6.07, 6.45) is 1.59. The number of amidine groups is 1. The van der Waals surface area contributed by atoms with E-state index in [1.165, 1.54) is 16.7 Å². The Kier molecular flexibility index (Phi) is 1.97. The fourth-order valence-corrected chi connectivity index (χ4v) is 2.47. The molecular weight excluding hydrogens is 224 g/mol. The molecule has 1 saturated heterocycles. The summed E-state index contributed by atoms with van der Waals surface area (Å²) in [7, 11) is 0. The molecule has 80 valence electrons. The van der Waals surface area contributed by atoms with Gasteiger partial charge in [-0.2, -0.15) is 0 Å². The lowest BCUT2D eigenvalue weighted by Crippen LogP contribution is -2.28. The normalized spacial score (nSPS) is 16.4. The van der Waals surface area contributed by atoms with Gasteiger partial charge in [-0.25, -0.2) is 4.98 Å². The Morgan fingerprint density at radius 2 is 2.38 bits per heavy atom. The highest BCUT2D eigenvalue weighted by molar-refractivity contribution is 8.15. The quantitative estimate of drug-likeness (QED) is 0.784. The number of imidazole rings is 1. The largest absolute Gasteiger partial charge is 0.345 e. The second-order valence-corrected chi connectivity index (χ2v) is 4.36. The molecule has 2 N–H and O–H groups in total. The number of rotatable bonds is 1. The standard InChI is InChI=1S/C10H8N4OS/c11-10-14(8(15)4-16-10)7-3-1-2-6-9(7)13-5-12-6/h1-3,5,11H,4H2,(H,12,13).